The van der Waals surface area contributed by atoms with Crippen molar-refractivity contribution in [1.29, 1.82) is 5.26 Å². The number of nitrogens with two attached hydrogens (primary N) is 2. The van der Waals surface area contributed by atoms with Crippen LogP contribution >= 0.6 is 0 Å². The van der Waals surface area contributed by atoms with E-state index in [1.54, 1.807) is 41.4 Å². The SMILES string of the molecule is C=C(CC(C#N)CC1CC1)C(=O)N1CCCC1c1nc(-c2ccc(C(=O)Nc3cc(C)ccn3)cc2)c(C(N)=O)n1N. The van der Waals surface area contributed by atoms with Crippen LogP contribution in [-0.4, -0.2) is 43.8 Å². The number of pyridine rings is 1. The summed E-state index contributed by atoms with van der Waals surface area (Å²) in [6, 6.07) is 12.0. The number of imidazole rings is 1. The molecule has 2 aliphatic rings. The van der Waals surface area contributed by atoms with Crippen molar-refractivity contribution in [2.45, 2.75) is 51.5 Å². The van der Waals surface area contributed by atoms with E-state index < -0.39 is 11.9 Å². The van der Waals surface area contributed by atoms with E-state index in [0.717, 1.165) is 35.9 Å². The molecule has 1 saturated carbocycles. The average Bonchev–Trinajstić information content (AvgIpc) is 3.53. The highest BCUT2D eigenvalue weighted by Crippen LogP contribution is 2.38. The summed E-state index contributed by atoms with van der Waals surface area (Å²) in [5.41, 5.74) is 8.26. The zero-order chi connectivity index (χ0) is 30.0. The summed E-state index contributed by atoms with van der Waals surface area (Å²) in [6.45, 7) is 6.39. The van der Waals surface area contributed by atoms with Gasteiger partial charge in [-0.25, -0.2) is 14.6 Å². The summed E-state index contributed by atoms with van der Waals surface area (Å²) in [6.07, 6.45) is 6.32. The third-order valence-electron chi connectivity index (χ3n) is 7.85. The number of anilines is 1. The molecule has 42 heavy (non-hydrogen) atoms. The minimum absolute atomic E-state index is 0.00161. The Morgan fingerprint density at radius 3 is 2.57 bits per heavy atom. The number of nitrogens with one attached hydrogen (secondary N) is 1. The van der Waals surface area contributed by atoms with Gasteiger partial charge in [-0.2, -0.15) is 5.26 Å². The molecule has 5 rings (SSSR count). The highest BCUT2D eigenvalue weighted by Gasteiger charge is 2.37. The second kappa shape index (κ2) is 11.9. The molecule has 3 heterocycles. The predicted octanol–water partition coefficient (Wildman–Crippen LogP) is 3.87. The van der Waals surface area contributed by atoms with Crippen molar-refractivity contribution >= 4 is 23.5 Å². The number of amides is 3. The van der Waals surface area contributed by atoms with E-state index in [9.17, 15) is 19.6 Å². The number of nitrogens with zero attached hydrogens (tertiary/aromatic N) is 5. The van der Waals surface area contributed by atoms with Gasteiger partial charge in [0.25, 0.3) is 11.8 Å². The maximum absolute atomic E-state index is 13.4. The highest BCUT2D eigenvalue weighted by molar-refractivity contribution is 6.04. The van der Waals surface area contributed by atoms with Gasteiger partial charge >= 0.3 is 0 Å². The minimum Gasteiger partial charge on any atom is -0.364 e. The van der Waals surface area contributed by atoms with Crippen LogP contribution in [0, 0.1) is 30.1 Å². The second-order valence-corrected chi connectivity index (χ2v) is 11.1. The van der Waals surface area contributed by atoms with Crippen LogP contribution in [0.15, 0.2) is 54.7 Å². The van der Waals surface area contributed by atoms with E-state index in [4.69, 9.17) is 16.6 Å². The first-order valence-corrected chi connectivity index (χ1v) is 14.1. The van der Waals surface area contributed by atoms with Gasteiger partial charge in [-0.3, -0.25) is 14.4 Å². The third kappa shape index (κ3) is 6.02. The Balaban J connectivity index is 1.36. The molecule has 2 unspecified atom stereocenters. The molecule has 3 aromatic rings. The summed E-state index contributed by atoms with van der Waals surface area (Å²) >= 11 is 0. The summed E-state index contributed by atoms with van der Waals surface area (Å²) in [5, 5.41) is 12.3. The summed E-state index contributed by atoms with van der Waals surface area (Å²) in [4.78, 5) is 49.2. The molecule has 0 radical (unpaired) electrons. The monoisotopic (exact) mass is 566 g/mol. The molecule has 0 spiro atoms. The zero-order valence-corrected chi connectivity index (χ0v) is 23.5. The van der Waals surface area contributed by atoms with Crippen LogP contribution in [-0.2, 0) is 4.79 Å². The fourth-order valence-corrected chi connectivity index (χ4v) is 5.50. The molecule has 11 heteroatoms. The Bertz CT molecular complexity index is 1580. The number of nitriles is 1. The number of primary amides is 1. The van der Waals surface area contributed by atoms with Crippen LogP contribution in [0.1, 0.15) is 76.8 Å². The number of carbonyl (C=O) groups excluding carboxylic acids is 3. The summed E-state index contributed by atoms with van der Waals surface area (Å²) in [5.74, 6) is 6.14. The fraction of sp³-hybridized carbons (Fsp3) is 0.355. The molecular formula is C31H34N8O3. The quantitative estimate of drug-likeness (QED) is 0.247. The Labute approximate surface area is 244 Å². The predicted molar refractivity (Wildman–Crippen MR) is 157 cm³/mol. The Hall–Kier alpha value is -4.98. The lowest BCUT2D eigenvalue weighted by molar-refractivity contribution is -0.128. The Morgan fingerprint density at radius 2 is 1.93 bits per heavy atom. The molecule has 5 N–H and O–H groups in total. The van der Waals surface area contributed by atoms with E-state index in [1.807, 2.05) is 13.0 Å². The van der Waals surface area contributed by atoms with Crippen molar-refractivity contribution in [2.24, 2.45) is 17.6 Å². The molecule has 216 valence electrons. The van der Waals surface area contributed by atoms with Crippen LogP contribution in [0.25, 0.3) is 11.3 Å². The number of likely N-dealkylation sites (tertiary alicyclic amines) is 1. The van der Waals surface area contributed by atoms with Crippen molar-refractivity contribution in [3.63, 3.8) is 0 Å². The summed E-state index contributed by atoms with van der Waals surface area (Å²) in [7, 11) is 0. The van der Waals surface area contributed by atoms with Gasteiger partial charge in [0.05, 0.1) is 18.0 Å². The van der Waals surface area contributed by atoms with Gasteiger partial charge in [-0.15, -0.1) is 0 Å². The lowest BCUT2D eigenvalue weighted by atomic mass is 9.95. The number of carbonyl (C=O) groups is 3. The Kier molecular flexibility index (Phi) is 8.06. The van der Waals surface area contributed by atoms with E-state index in [-0.39, 0.29) is 29.1 Å². The largest absolute Gasteiger partial charge is 0.364 e. The topological polar surface area (TPSA) is 173 Å². The number of aryl methyl sites for hydroxylation is 1. The third-order valence-corrected chi connectivity index (χ3v) is 7.85. The number of aromatic nitrogens is 3. The standard InChI is InChI=1S/C31H34N8O3/c1-18-11-12-35-25(14-18)36-30(41)23-9-7-22(8-10-23)26-27(28(33)40)39(34)29(37-26)24-4-3-13-38(24)31(42)19(2)15-21(17-32)16-20-5-6-20/h7-12,14,20-21,24H,2-6,13,15-16,34H2,1H3,(H2,33,40)(H,35,36,41). The van der Waals surface area contributed by atoms with Crippen molar-refractivity contribution in [3.8, 4) is 17.3 Å². The van der Waals surface area contributed by atoms with Crippen molar-refractivity contribution < 1.29 is 14.4 Å². The number of nitrogen functional groups attached to an aromatic ring is 1. The van der Waals surface area contributed by atoms with Gasteiger partial charge in [0, 0.05) is 29.4 Å². The number of hydrogen-bond donors (Lipinski definition) is 3. The first-order chi connectivity index (χ1) is 20.2. The van der Waals surface area contributed by atoms with Crippen LogP contribution in [0.5, 0.6) is 0 Å². The van der Waals surface area contributed by atoms with Gasteiger partial charge in [0.15, 0.2) is 11.5 Å². The van der Waals surface area contributed by atoms with E-state index in [2.05, 4.69) is 22.9 Å². The molecule has 1 aliphatic carbocycles. The highest BCUT2D eigenvalue weighted by atomic mass is 16.2. The van der Waals surface area contributed by atoms with Gasteiger partial charge in [-0.1, -0.05) is 31.6 Å². The molecule has 0 bridgehead atoms. The van der Waals surface area contributed by atoms with Gasteiger partial charge < -0.3 is 21.8 Å². The maximum Gasteiger partial charge on any atom is 0.269 e. The molecule has 2 atom stereocenters. The van der Waals surface area contributed by atoms with E-state index >= 15 is 0 Å². The second-order valence-electron chi connectivity index (χ2n) is 11.1. The van der Waals surface area contributed by atoms with Crippen LogP contribution in [0.4, 0.5) is 5.82 Å². The van der Waals surface area contributed by atoms with Crippen LogP contribution < -0.4 is 16.9 Å². The zero-order valence-electron chi connectivity index (χ0n) is 23.5. The molecule has 1 saturated heterocycles. The van der Waals surface area contributed by atoms with E-state index in [0.29, 0.717) is 53.6 Å². The molecule has 2 fully saturated rings. The Morgan fingerprint density at radius 1 is 1.19 bits per heavy atom. The number of benzene rings is 1. The van der Waals surface area contributed by atoms with Gasteiger partial charge in [-0.05, 0) is 68.4 Å². The lowest BCUT2D eigenvalue weighted by Gasteiger charge is -2.25. The van der Waals surface area contributed by atoms with Crippen molar-refractivity contribution in [2.75, 3.05) is 17.7 Å². The van der Waals surface area contributed by atoms with Crippen molar-refractivity contribution in [1.82, 2.24) is 19.5 Å². The summed E-state index contributed by atoms with van der Waals surface area (Å²) < 4.78 is 1.16. The molecule has 1 aromatic carbocycles. The van der Waals surface area contributed by atoms with Gasteiger partial charge in [0.2, 0.25) is 5.91 Å². The molecular weight excluding hydrogens is 532 g/mol. The number of rotatable bonds is 10. The normalized spacial score (nSPS) is 17.0. The molecule has 2 aromatic heterocycles. The molecule has 3 amide bonds. The minimum atomic E-state index is -0.768. The molecule has 11 nitrogen and oxygen atoms in total. The number of hydrogen-bond acceptors (Lipinski definition) is 7. The van der Waals surface area contributed by atoms with Crippen molar-refractivity contribution in [3.05, 3.63) is 77.4 Å². The van der Waals surface area contributed by atoms with Crippen LogP contribution in [0.3, 0.4) is 0 Å². The molecule has 1 aliphatic heterocycles. The van der Waals surface area contributed by atoms with Crippen LogP contribution in [0.2, 0.25) is 0 Å². The average molecular weight is 567 g/mol. The fourth-order valence-electron chi connectivity index (χ4n) is 5.50. The van der Waals surface area contributed by atoms with Gasteiger partial charge in [0.1, 0.15) is 11.5 Å². The smallest absolute Gasteiger partial charge is 0.269 e. The van der Waals surface area contributed by atoms with E-state index in [1.165, 1.54) is 0 Å². The lowest BCUT2D eigenvalue weighted by Crippen LogP contribution is -2.35. The maximum atomic E-state index is 13.4. The first-order valence-electron chi connectivity index (χ1n) is 14.1. The first kappa shape index (κ1) is 28.5.